The highest BCUT2D eigenvalue weighted by atomic mass is 14.8. The van der Waals surface area contributed by atoms with Gasteiger partial charge in [0.05, 0.1) is 0 Å². The Bertz CT molecular complexity index is 346. The summed E-state index contributed by atoms with van der Waals surface area (Å²) >= 11 is 0. The van der Waals surface area contributed by atoms with Crippen LogP contribution in [0.15, 0.2) is 0 Å². The third-order valence-corrected chi connectivity index (χ3v) is 7.73. The first-order valence-corrected chi connectivity index (χ1v) is 7.82. The SMILES string of the molecule is CCCC1C2CC3C4CC5(C2)CC(CC45)C13. The Labute approximate surface area is 99.2 Å². The summed E-state index contributed by atoms with van der Waals surface area (Å²) in [6.45, 7) is 2.41. The van der Waals surface area contributed by atoms with Crippen LogP contribution >= 0.6 is 0 Å². The Morgan fingerprint density at radius 3 is 2.75 bits per heavy atom. The lowest BCUT2D eigenvalue weighted by molar-refractivity contribution is -0.0757. The summed E-state index contributed by atoms with van der Waals surface area (Å²) in [7, 11) is 0. The van der Waals surface area contributed by atoms with Crippen molar-refractivity contribution >= 4 is 0 Å². The van der Waals surface area contributed by atoms with E-state index >= 15 is 0 Å². The van der Waals surface area contributed by atoms with Crippen LogP contribution < -0.4 is 0 Å². The van der Waals surface area contributed by atoms with E-state index in [1.165, 1.54) is 47.8 Å². The second-order valence-corrected chi connectivity index (χ2v) is 7.93. The molecule has 0 N–H and O–H groups in total. The molecule has 0 heteroatoms. The van der Waals surface area contributed by atoms with E-state index in [0.717, 1.165) is 5.41 Å². The van der Waals surface area contributed by atoms with E-state index in [-0.39, 0.29) is 0 Å². The average Bonchev–Trinajstić information content (AvgIpc) is 2.50. The highest BCUT2D eigenvalue weighted by Crippen LogP contribution is 2.80. The van der Waals surface area contributed by atoms with Gasteiger partial charge >= 0.3 is 0 Å². The highest BCUT2D eigenvalue weighted by molar-refractivity contribution is 5.21. The van der Waals surface area contributed by atoms with Gasteiger partial charge < -0.3 is 0 Å². The molecule has 0 amide bonds. The lowest BCUT2D eigenvalue weighted by Crippen LogP contribution is -2.49. The maximum absolute atomic E-state index is 2.41. The first kappa shape index (κ1) is 9.00. The topological polar surface area (TPSA) is 0 Å². The van der Waals surface area contributed by atoms with E-state index in [0.29, 0.717) is 0 Å². The van der Waals surface area contributed by atoms with Gasteiger partial charge in [0.2, 0.25) is 0 Å². The molecule has 7 bridgehead atoms. The normalized spacial score (nSPS) is 68.4. The Morgan fingerprint density at radius 1 is 1.00 bits per heavy atom. The molecule has 7 aliphatic carbocycles. The van der Waals surface area contributed by atoms with Crippen LogP contribution in [0.5, 0.6) is 0 Å². The fourth-order valence-electron chi connectivity index (χ4n) is 7.70. The minimum atomic E-state index is 0.923. The van der Waals surface area contributed by atoms with E-state index in [4.69, 9.17) is 0 Å². The van der Waals surface area contributed by atoms with E-state index in [2.05, 4.69) is 6.92 Å². The first-order chi connectivity index (χ1) is 7.82. The van der Waals surface area contributed by atoms with Crippen LogP contribution in [0.2, 0.25) is 0 Å². The Hall–Kier alpha value is 0. The molecule has 0 radical (unpaired) electrons. The Kier molecular flexibility index (Phi) is 1.43. The van der Waals surface area contributed by atoms with Gasteiger partial charge in [-0.3, -0.25) is 0 Å². The van der Waals surface area contributed by atoms with Gasteiger partial charge in [-0.2, -0.15) is 0 Å². The molecule has 0 heterocycles. The third-order valence-electron chi connectivity index (χ3n) is 7.73. The molecule has 0 aromatic rings. The summed E-state index contributed by atoms with van der Waals surface area (Å²) in [5.74, 6) is 8.41. The smallest absolute Gasteiger partial charge is 0.0258 e. The lowest BCUT2D eigenvalue weighted by Gasteiger charge is -2.56. The molecule has 7 fully saturated rings. The second kappa shape index (κ2) is 2.54. The van der Waals surface area contributed by atoms with Gasteiger partial charge in [-0.25, -0.2) is 0 Å². The van der Waals surface area contributed by atoms with Gasteiger partial charge in [-0.05, 0) is 78.9 Å². The first-order valence-electron chi connectivity index (χ1n) is 7.82. The van der Waals surface area contributed by atoms with Crippen molar-refractivity contribution in [2.45, 2.75) is 51.9 Å². The Balaban J connectivity index is 1.63. The van der Waals surface area contributed by atoms with E-state index in [9.17, 15) is 0 Å². The highest BCUT2D eigenvalue weighted by Gasteiger charge is 2.72. The third kappa shape index (κ3) is 0.754. The van der Waals surface area contributed by atoms with Gasteiger partial charge in [-0.1, -0.05) is 19.8 Å². The molecule has 0 nitrogen and oxygen atoms in total. The predicted molar refractivity (Wildman–Crippen MR) is 64.9 cm³/mol. The van der Waals surface area contributed by atoms with Gasteiger partial charge in [0, 0.05) is 0 Å². The Morgan fingerprint density at radius 2 is 1.88 bits per heavy atom. The molecule has 1 spiro atoms. The van der Waals surface area contributed by atoms with Crippen molar-refractivity contribution in [3.05, 3.63) is 0 Å². The molecule has 0 aromatic carbocycles. The van der Waals surface area contributed by atoms with Crippen LogP contribution in [0.4, 0.5) is 0 Å². The monoisotopic (exact) mass is 216 g/mol. The fraction of sp³-hybridized carbons (Fsp3) is 1.00. The summed E-state index contributed by atoms with van der Waals surface area (Å²) in [5, 5.41) is 0. The van der Waals surface area contributed by atoms with Crippen LogP contribution in [-0.4, -0.2) is 0 Å². The molecule has 16 heavy (non-hydrogen) atoms. The largest absolute Gasteiger partial charge is 0.0654 e. The zero-order valence-corrected chi connectivity index (χ0v) is 10.5. The van der Waals surface area contributed by atoms with Crippen molar-refractivity contribution in [1.82, 2.24) is 0 Å². The zero-order valence-electron chi connectivity index (χ0n) is 10.5. The standard InChI is InChI=1S/C16H24/c1-2-3-11-9-4-12-13-8-16(6-9)7-10(15(11)12)5-14(13)16/h9-15H,2-8H2,1H3. The van der Waals surface area contributed by atoms with Crippen molar-refractivity contribution < 1.29 is 0 Å². The molecule has 0 saturated heterocycles. The molecule has 0 aliphatic heterocycles. The maximum Gasteiger partial charge on any atom is -0.0258 e. The molecule has 8 atom stereocenters. The second-order valence-electron chi connectivity index (χ2n) is 7.93. The molecule has 0 aromatic heterocycles. The molecular formula is C16H24. The van der Waals surface area contributed by atoms with Gasteiger partial charge in [0.25, 0.3) is 0 Å². The quantitative estimate of drug-likeness (QED) is 0.652. The van der Waals surface area contributed by atoms with Crippen LogP contribution in [0, 0.1) is 46.8 Å². The van der Waals surface area contributed by atoms with E-state index in [1.807, 2.05) is 0 Å². The van der Waals surface area contributed by atoms with Gasteiger partial charge in [-0.15, -0.1) is 0 Å². The number of hydrogen-bond acceptors (Lipinski definition) is 0. The molecular weight excluding hydrogens is 192 g/mol. The van der Waals surface area contributed by atoms with Crippen LogP contribution in [0.3, 0.4) is 0 Å². The van der Waals surface area contributed by atoms with Crippen LogP contribution in [0.1, 0.15) is 51.9 Å². The molecule has 7 saturated carbocycles. The summed E-state index contributed by atoms with van der Waals surface area (Å²) < 4.78 is 0. The minimum absolute atomic E-state index is 0.923. The summed E-state index contributed by atoms with van der Waals surface area (Å²) in [6, 6.07) is 0. The minimum Gasteiger partial charge on any atom is -0.0654 e. The molecule has 88 valence electrons. The summed E-state index contributed by atoms with van der Waals surface area (Å²) in [4.78, 5) is 0. The van der Waals surface area contributed by atoms with E-state index < -0.39 is 0 Å². The fourth-order valence-corrected chi connectivity index (χ4v) is 7.70. The molecule has 7 rings (SSSR count). The van der Waals surface area contributed by atoms with Crippen molar-refractivity contribution in [3.63, 3.8) is 0 Å². The predicted octanol–water partition coefficient (Wildman–Crippen LogP) is 4.10. The summed E-state index contributed by atoms with van der Waals surface area (Å²) in [5.41, 5.74) is 0.923. The number of hydrogen-bond donors (Lipinski definition) is 0. The molecule has 7 aliphatic rings. The zero-order chi connectivity index (χ0) is 10.5. The van der Waals surface area contributed by atoms with E-state index in [1.54, 1.807) is 38.5 Å². The van der Waals surface area contributed by atoms with Crippen LogP contribution in [0.25, 0.3) is 0 Å². The molecule has 8 unspecified atom stereocenters. The van der Waals surface area contributed by atoms with Crippen molar-refractivity contribution in [1.29, 1.82) is 0 Å². The van der Waals surface area contributed by atoms with Crippen molar-refractivity contribution in [2.75, 3.05) is 0 Å². The van der Waals surface area contributed by atoms with Crippen LogP contribution in [-0.2, 0) is 0 Å². The summed E-state index contributed by atoms with van der Waals surface area (Å²) in [6.07, 6.45) is 11.3. The van der Waals surface area contributed by atoms with Crippen molar-refractivity contribution in [2.24, 2.45) is 46.8 Å². The maximum atomic E-state index is 2.41. The van der Waals surface area contributed by atoms with Crippen molar-refractivity contribution in [3.8, 4) is 0 Å². The number of rotatable bonds is 2. The lowest BCUT2D eigenvalue weighted by atomic mass is 9.49. The van der Waals surface area contributed by atoms with Gasteiger partial charge in [0.1, 0.15) is 0 Å². The van der Waals surface area contributed by atoms with Gasteiger partial charge in [0.15, 0.2) is 0 Å². The average molecular weight is 216 g/mol.